The van der Waals surface area contributed by atoms with Crippen LogP contribution in [0.1, 0.15) is 25.7 Å². The molecule has 0 aliphatic rings. The van der Waals surface area contributed by atoms with E-state index in [4.69, 9.17) is 4.74 Å². The van der Waals surface area contributed by atoms with Gasteiger partial charge in [-0.2, -0.15) is 0 Å². The molecule has 0 spiro atoms. The van der Waals surface area contributed by atoms with Crippen LogP contribution in [0.15, 0.2) is 67.3 Å². The molecule has 2 aromatic carbocycles. The molecule has 0 unspecified atom stereocenters. The van der Waals surface area contributed by atoms with Gasteiger partial charge in [-0.25, -0.2) is 0 Å². The predicted octanol–water partition coefficient (Wildman–Crippen LogP) is 5.16. The summed E-state index contributed by atoms with van der Waals surface area (Å²) in [6.07, 6.45) is 5.22. The van der Waals surface area contributed by atoms with Crippen molar-refractivity contribution >= 4 is 11.6 Å². The molecule has 0 aliphatic heterocycles. The Bertz CT molecular complexity index is 608. The lowest BCUT2D eigenvalue weighted by Gasteiger charge is -2.09. The van der Waals surface area contributed by atoms with Crippen molar-refractivity contribution < 1.29 is 9.53 Å². The third-order valence-electron chi connectivity index (χ3n) is 3.16. The minimum Gasteiger partial charge on any atom is -0.457 e. The first kappa shape index (κ1) is 15.8. The fourth-order valence-electron chi connectivity index (χ4n) is 2.06. The summed E-state index contributed by atoms with van der Waals surface area (Å²) in [6, 6.07) is 17.0. The van der Waals surface area contributed by atoms with Crippen molar-refractivity contribution in [2.75, 3.05) is 5.32 Å². The van der Waals surface area contributed by atoms with Crippen molar-refractivity contribution in [3.8, 4) is 11.5 Å². The maximum absolute atomic E-state index is 11.9. The molecule has 0 aliphatic carbocycles. The van der Waals surface area contributed by atoms with Crippen LogP contribution in [0.5, 0.6) is 11.5 Å². The van der Waals surface area contributed by atoms with Gasteiger partial charge >= 0.3 is 0 Å². The quantitative estimate of drug-likeness (QED) is 0.539. The van der Waals surface area contributed by atoms with Crippen LogP contribution in [0.4, 0.5) is 5.69 Å². The molecule has 1 N–H and O–H groups in total. The van der Waals surface area contributed by atoms with E-state index in [2.05, 4.69) is 11.9 Å². The summed E-state index contributed by atoms with van der Waals surface area (Å²) in [5.41, 5.74) is 0.752. The Labute approximate surface area is 131 Å². The number of rotatable bonds is 8. The number of nitrogens with one attached hydrogen (secondary N) is 1. The zero-order valence-corrected chi connectivity index (χ0v) is 12.6. The Balaban J connectivity index is 1.88. The van der Waals surface area contributed by atoms with E-state index in [1.165, 1.54) is 0 Å². The Kier molecular flexibility index (Phi) is 6.24. The monoisotopic (exact) mass is 295 g/mol. The molecule has 0 radical (unpaired) electrons. The highest BCUT2D eigenvalue weighted by Crippen LogP contribution is 2.23. The molecule has 2 aromatic rings. The van der Waals surface area contributed by atoms with Gasteiger partial charge < -0.3 is 10.1 Å². The molecule has 0 heterocycles. The fourth-order valence-corrected chi connectivity index (χ4v) is 2.06. The van der Waals surface area contributed by atoms with Gasteiger partial charge in [0, 0.05) is 18.2 Å². The molecule has 2 rings (SSSR count). The van der Waals surface area contributed by atoms with Gasteiger partial charge in [-0.1, -0.05) is 30.3 Å². The molecule has 0 aromatic heterocycles. The largest absolute Gasteiger partial charge is 0.457 e. The minimum absolute atomic E-state index is 0.0286. The van der Waals surface area contributed by atoms with E-state index in [1.54, 1.807) is 0 Å². The highest BCUT2D eigenvalue weighted by atomic mass is 16.5. The lowest BCUT2D eigenvalue weighted by Crippen LogP contribution is -2.10. The van der Waals surface area contributed by atoms with Crippen molar-refractivity contribution in [3.05, 3.63) is 67.3 Å². The molecule has 0 atom stereocenters. The topological polar surface area (TPSA) is 38.3 Å². The number of anilines is 1. The Morgan fingerprint density at radius 2 is 1.82 bits per heavy atom. The van der Waals surface area contributed by atoms with E-state index in [-0.39, 0.29) is 5.91 Å². The molecule has 0 bridgehead atoms. The van der Waals surface area contributed by atoms with Gasteiger partial charge in [0.2, 0.25) is 5.91 Å². The number of carbonyl (C=O) groups excluding carboxylic acids is 1. The van der Waals surface area contributed by atoms with Gasteiger partial charge in [-0.05, 0) is 43.5 Å². The van der Waals surface area contributed by atoms with Crippen molar-refractivity contribution in [3.63, 3.8) is 0 Å². The number of unbranched alkanes of at least 4 members (excludes halogenated alkanes) is 2. The molecule has 0 saturated heterocycles. The number of carbonyl (C=O) groups is 1. The zero-order valence-electron chi connectivity index (χ0n) is 12.6. The lowest BCUT2D eigenvalue weighted by molar-refractivity contribution is -0.116. The van der Waals surface area contributed by atoms with Crippen molar-refractivity contribution in [1.29, 1.82) is 0 Å². The summed E-state index contributed by atoms with van der Waals surface area (Å²) >= 11 is 0. The normalized spacial score (nSPS) is 10.0. The average Bonchev–Trinajstić information content (AvgIpc) is 2.53. The van der Waals surface area contributed by atoms with Crippen LogP contribution in [0.25, 0.3) is 0 Å². The van der Waals surface area contributed by atoms with E-state index in [0.717, 1.165) is 30.7 Å². The van der Waals surface area contributed by atoms with Gasteiger partial charge in [-0.3, -0.25) is 4.79 Å². The van der Waals surface area contributed by atoms with Gasteiger partial charge in [-0.15, -0.1) is 6.58 Å². The van der Waals surface area contributed by atoms with Crippen molar-refractivity contribution in [2.24, 2.45) is 0 Å². The van der Waals surface area contributed by atoms with Crippen LogP contribution in [0, 0.1) is 0 Å². The number of amides is 1. The van der Waals surface area contributed by atoms with Crippen LogP contribution in [-0.4, -0.2) is 5.91 Å². The first-order chi connectivity index (χ1) is 10.8. The molecule has 22 heavy (non-hydrogen) atoms. The van der Waals surface area contributed by atoms with Crippen LogP contribution in [0.3, 0.4) is 0 Å². The summed E-state index contributed by atoms with van der Waals surface area (Å²) in [6.45, 7) is 3.67. The molecule has 3 nitrogen and oxygen atoms in total. The predicted molar refractivity (Wildman–Crippen MR) is 90.3 cm³/mol. The van der Waals surface area contributed by atoms with E-state index in [0.29, 0.717) is 12.2 Å². The number of ether oxygens (including phenoxy) is 1. The van der Waals surface area contributed by atoms with Crippen LogP contribution in [0.2, 0.25) is 0 Å². The molecular formula is C19H21NO2. The van der Waals surface area contributed by atoms with Gasteiger partial charge in [0.1, 0.15) is 11.5 Å². The number of hydrogen-bond donors (Lipinski definition) is 1. The van der Waals surface area contributed by atoms with Gasteiger partial charge in [0.25, 0.3) is 0 Å². The van der Waals surface area contributed by atoms with Crippen LogP contribution >= 0.6 is 0 Å². The standard InChI is InChI=1S/C19H21NO2/c1-2-3-4-8-14-19(21)20-16-10-9-13-18(15-16)22-17-11-6-5-7-12-17/h2,5-7,9-13,15H,1,3-4,8,14H2,(H,20,21). The summed E-state index contributed by atoms with van der Waals surface area (Å²) in [5.74, 6) is 1.51. The van der Waals surface area contributed by atoms with E-state index in [9.17, 15) is 4.79 Å². The van der Waals surface area contributed by atoms with E-state index < -0.39 is 0 Å². The highest BCUT2D eigenvalue weighted by molar-refractivity contribution is 5.90. The van der Waals surface area contributed by atoms with Gasteiger partial charge in [0.15, 0.2) is 0 Å². The second kappa shape index (κ2) is 8.67. The summed E-state index contributed by atoms with van der Waals surface area (Å²) in [7, 11) is 0. The second-order valence-corrected chi connectivity index (χ2v) is 5.03. The summed E-state index contributed by atoms with van der Waals surface area (Å²) in [4.78, 5) is 11.9. The first-order valence-corrected chi connectivity index (χ1v) is 7.51. The molecule has 114 valence electrons. The zero-order chi connectivity index (χ0) is 15.6. The third-order valence-corrected chi connectivity index (χ3v) is 3.16. The lowest BCUT2D eigenvalue weighted by atomic mass is 10.2. The average molecular weight is 295 g/mol. The maximum atomic E-state index is 11.9. The Hall–Kier alpha value is -2.55. The summed E-state index contributed by atoms with van der Waals surface area (Å²) in [5, 5.41) is 2.90. The number of allylic oxidation sites excluding steroid dienone is 1. The molecular weight excluding hydrogens is 274 g/mol. The first-order valence-electron chi connectivity index (χ1n) is 7.51. The highest BCUT2D eigenvalue weighted by Gasteiger charge is 2.04. The third kappa shape index (κ3) is 5.44. The SMILES string of the molecule is C=CCCCCC(=O)Nc1cccc(Oc2ccccc2)c1. The smallest absolute Gasteiger partial charge is 0.224 e. The molecule has 0 saturated carbocycles. The van der Waals surface area contributed by atoms with E-state index >= 15 is 0 Å². The number of para-hydroxylation sites is 1. The Morgan fingerprint density at radius 1 is 1.05 bits per heavy atom. The fraction of sp³-hybridized carbons (Fsp3) is 0.211. The van der Waals surface area contributed by atoms with E-state index in [1.807, 2.05) is 60.7 Å². The molecule has 3 heteroatoms. The van der Waals surface area contributed by atoms with Crippen molar-refractivity contribution in [2.45, 2.75) is 25.7 Å². The van der Waals surface area contributed by atoms with Crippen LogP contribution < -0.4 is 10.1 Å². The van der Waals surface area contributed by atoms with Gasteiger partial charge in [0.05, 0.1) is 0 Å². The van der Waals surface area contributed by atoms with Crippen molar-refractivity contribution in [1.82, 2.24) is 0 Å². The summed E-state index contributed by atoms with van der Waals surface area (Å²) < 4.78 is 5.75. The Morgan fingerprint density at radius 3 is 2.59 bits per heavy atom. The molecule has 0 fully saturated rings. The number of hydrogen-bond acceptors (Lipinski definition) is 2. The number of benzene rings is 2. The van der Waals surface area contributed by atoms with Crippen LogP contribution in [-0.2, 0) is 4.79 Å². The second-order valence-electron chi connectivity index (χ2n) is 5.03. The molecule has 1 amide bonds. The minimum atomic E-state index is 0.0286. The maximum Gasteiger partial charge on any atom is 0.224 e.